The van der Waals surface area contributed by atoms with Crippen LogP contribution in [-0.2, 0) is 14.3 Å². The number of rotatable bonds is 8. The number of ether oxygens (including phenoxy) is 2. The van der Waals surface area contributed by atoms with E-state index in [1.807, 2.05) is 77.6 Å². The van der Waals surface area contributed by atoms with Gasteiger partial charge in [-0.25, -0.2) is 4.68 Å². The summed E-state index contributed by atoms with van der Waals surface area (Å²) in [7, 11) is 0. The molecule has 0 aliphatic carbocycles. The third-order valence-electron chi connectivity index (χ3n) is 6.73. The molecule has 35 heavy (non-hydrogen) atoms. The van der Waals surface area contributed by atoms with E-state index < -0.39 is 0 Å². The third-order valence-corrected chi connectivity index (χ3v) is 6.73. The van der Waals surface area contributed by atoms with E-state index in [1.54, 1.807) is 6.08 Å². The van der Waals surface area contributed by atoms with E-state index in [1.165, 1.54) is 0 Å². The minimum Gasteiger partial charge on any atom is -0.381 e. The smallest absolute Gasteiger partial charge is 0.244 e. The standard InChI is InChI=1S/C28H32N4O3/c33-27(29-19-26(24-13-16-35-21-24)31-14-17-34-18-15-31)12-11-23-20-32(25-9-5-2-6-10-25)30-28(23)22-7-3-1-4-8-22/h1-12,20,24,26H,13-19,21H2,(H,29,33)/b12-11+. The maximum absolute atomic E-state index is 12.8. The molecule has 1 N–H and O–H groups in total. The summed E-state index contributed by atoms with van der Waals surface area (Å²) in [6, 6.07) is 20.3. The number of amides is 1. The molecule has 0 saturated carbocycles. The fraction of sp³-hybridized carbons (Fsp3) is 0.357. The molecule has 7 nitrogen and oxygen atoms in total. The number of hydrogen-bond donors (Lipinski definition) is 1. The van der Waals surface area contributed by atoms with Crippen LogP contribution in [0.3, 0.4) is 0 Å². The van der Waals surface area contributed by atoms with Crippen molar-refractivity contribution in [1.29, 1.82) is 0 Å². The van der Waals surface area contributed by atoms with Crippen molar-refractivity contribution in [2.45, 2.75) is 12.5 Å². The van der Waals surface area contributed by atoms with Gasteiger partial charge in [0.05, 0.1) is 31.2 Å². The lowest BCUT2D eigenvalue weighted by atomic mass is 9.97. The highest BCUT2D eigenvalue weighted by Crippen LogP contribution is 2.25. The molecule has 182 valence electrons. The number of para-hydroxylation sites is 1. The Morgan fingerprint density at radius 3 is 2.49 bits per heavy atom. The van der Waals surface area contributed by atoms with Gasteiger partial charge < -0.3 is 14.8 Å². The van der Waals surface area contributed by atoms with Crippen LogP contribution < -0.4 is 5.32 Å². The zero-order valence-corrected chi connectivity index (χ0v) is 19.9. The fourth-order valence-electron chi connectivity index (χ4n) is 4.83. The average molecular weight is 473 g/mol. The van der Waals surface area contributed by atoms with Gasteiger partial charge in [-0.05, 0) is 24.6 Å². The van der Waals surface area contributed by atoms with E-state index in [-0.39, 0.29) is 11.9 Å². The first-order valence-electron chi connectivity index (χ1n) is 12.3. The molecule has 2 saturated heterocycles. The van der Waals surface area contributed by atoms with Crippen molar-refractivity contribution in [3.05, 3.63) is 78.5 Å². The molecule has 2 aliphatic heterocycles. The second kappa shape index (κ2) is 11.4. The van der Waals surface area contributed by atoms with E-state index in [2.05, 4.69) is 10.2 Å². The minimum absolute atomic E-state index is 0.103. The van der Waals surface area contributed by atoms with Gasteiger partial charge in [0.15, 0.2) is 0 Å². The lowest BCUT2D eigenvalue weighted by molar-refractivity contribution is -0.116. The molecule has 0 spiro atoms. The van der Waals surface area contributed by atoms with Crippen LogP contribution in [0.5, 0.6) is 0 Å². The Morgan fingerprint density at radius 1 is 1.03 bits per heavy atom. The van der Waals surface area contributed by atoms with Gasteiger partial charge >= 0.3 is 0 Å². The lowest BCUT2D eigenvalue weighted by Crippen LogP contribution is -2.52. The summed E-state index contributed by atoms with van der Waals surface area (Å²) in [5.74, 6) is 0.333. The summed E-state index contributed by atoms with van der Waals surface area (Å²) in [5.41, 5.74) is 3.72. The molecule has 2 unspecified atom stereocenters. The van der Waals surface area contributed by atoms with Crippen LogP contribution in [-0.4, -0.2) is 72.7 Å². The quantitative estimate of drug-likeness (QED) is 0.509. The van der Waals surface area contributed by atoms with Crippen molar-refractivity contribution < 1.29 is 14.3 Å². The van der Waals surface area contributed by atoms with Gasteiger partial charge in [0.1, 0.15) is 0 Å². The fourth-order valence-corrected chi connectivity index (χ4v) is 4.83. The van der Waals surface area contributed by atoms with Gasteiger partial charge in [0.2, 0.25) is 5.91 Å². The summed E-state index contributed by atoms with van der Waals surface area (Å²) in [5, 5.41) is 7.95. The molecular formula is C28H32N4O3. The number of benzene rings is 2. The Balaban J connectivity index is 1.31. The van der Waals surface area contributed by atoms with Crippen molar-refractivity contribution in [3.8, 4) is 16.9 Å². The van der Waals surface area contributed by atoms with Crippen molar-refractivity contribution >= 4 is 12.0 Å². The molecule has 3 heterocycles. The Kier molecular flexibility index (Phi) is 7.68. The van der Waals surface area contributed by atoms with E-state index >= 15 is 0 Å². The molecule has 1 amide bonds. The van der Waals surface area contributed by atoms with Crippen molar-refractivity contribution in [1.82, 2.24) is 20.0 Å². The number of hydrogen-bond acceptors (Lipinski definition) is 5. The van der Waals surface area contributed by atoms with Crippen molar-refractivity contribution in [3.63, 3.8) is 0 Å². The van der Waals surface area contributed by atoms with Gasteiger partial charge in [-0.2, -0.15) is 5.10 Å². The monoisotopic (exact) mass is 472 g/mol. The topological polar surface area (TPSA) is 68.6 Å². The summed E-state index contributed by atoms with van der Waals surface area (Å²) < 4.78 is 13.0. The highest BCUT2D eigenvalue weighted by Gasteiger charge is 2.31. The first-order valence-corrected chi connectivity index (χ1v) is 12.3. The van der Waals surface area contributed by atoms with Gasteiger partial charge in [-0.3, -0.25) is 9.69 Å². The molecule has 2 aliphatic rings. The number of carbonyl (C=O) groups excluding carboxylic acids is 1. The van der Waals surface area contributed by atoms with Crippen molar-refractivity contribution in [2.24, 2.45) is 5.92 Å². The number of aromatic nitrogens is 2. The van der Waals surface area contributed by atoms with E-state index in [9.17, 15) is 4.79 Å². The molecule has 0 bridgehead atoms. The van der Waals surface area contributed by atoms with Crippen LogP contribution >= 0.6 is 0 Å². The molecular weight excluding hydrogens is 440 g/mol. The zero-order chi connectivity index (χ0) is 23.9. The Morgan fingerprint density at radius 2 is 1.77 bits per heavy atom. The van der Waals surface area contributed by atoms with Gasteiger partial charge in [-0.1, -0.05) is 48.5 Å². The average Bonchev–Trinajstić information content (AvgIpc) is 3.60. The van der Waals surface area contributed by atoms with Crippen LogP contribution in [0.25, 0.3) is 23.0 Å². The van der Waals surface area contributed by atoms with Crippen LogP contribution in [0.15, 0.2) is 72.9 Å². The molecule has 2 fully saturated rings. The minimum atomic E-state index is -0.103. The molecule has 1 aromatic heterocycles. The molecule has 3 aromatic rings. The van der Waals surface area contributed by atoms with Crippen LogP contribution in [0.2, 0.25) is 0 Å². The van der Waals surface area contributed by atoms with E-state index in [4.69, 9.17) is 14.6 Å². The predicted octanol–water partition coefficient (Wildman–Crippen LogP) is 3.41. The van der Waals surface area contributed by atoms with Crippen molar-refractivity contribution in [2.75, 3.05) is 46.1 Å². The summed E-state index contributed by atoms with van der Waals surface area (Å²) in [6.07, 6.45) is 6.47. The molecule has 2 aromatic carbocycles. The highest BCUT2D eigenvalue weighted by molar-refractivity contribution is 5.92. The first-order chi connectivity index (χ1) is 17.3. The van der Waals surface area contributed by atoms with Crippen LogP contribution in [0, 0.1) is 5.92 Å². The summed E-state index contributed by atoms with van der Waals surface area (Å²) in [4.78, 5) is 15.3. The number of carbonyl (C=O) groups is 1. The number of nitrogens with zero attached hydrogens (tertiary/aromatic N) is 3. The SMILES string of the molecule is O=C(/C=C/c1cn(-c2ccccc2)nc1-c1ccccc1)NCC(C1CCOC1)N1CCOCC1. The van der Waals surface area contributed by atoms with Gasteiger partial charge in [0.25, 0.3) is 0 Å². The third kappa shape index (κ3) is 5.88. The van der Waals surface area contributed by atoms with Gasteiger partial charge in [-0.15, -0.1) is 0 Å². The highest BCUT2D eigenvalue weighted by atomic mass is 16.5. The second-order valence-corrected chi connectivity index (χ2v) is 9.00. The Bertz CT molecular complexity index is 1120. The molecule has 5 rings (SSSR count). The van der Waals surface area contributed by atoms with Gasteiger partial charge in [0, 0.05) is 61.6 Å². The normalized spacial score (nSPS) is 19.7. The zero-order valence-electron chi connectivity index (χ0n) is 19.9. The Hall–Kier alpha value is -3.26. The summed E-state index contributed by atoms with van der Waals surface area (Å²) >= 11 is 0. The largest absolute Gasteiger partial charge is 0.381 e. The van der Waals surface area contributed by atoms with E-state index in [0.717, 1.165) is 68.4 Å². The lowest BCUT2D eigenvalue weighted by Gasteiger charge is -2.37. The Labute approximate surface area is 206 Å². The van der Waals surface area contributed by atoms with Crippen LogP contribution in [0.4, 0.5) is 0 Å². The molecule has 2 atom stereocenters. The maximum atomic E-state index is 12.8. The maximum Gasteiger partial charge on any atom is 0.244 e. The number of morpholine rings is 1. The first kappa shape index (κ1) is 23.5. The molecule has 0 radical (unpaired) electrons. The van der Waals surface area contributed by atoms with E-state index in [0.29, 0.717) is 12.5 Å². The molecule has 7 heteroatoms. The summed E-state index contributed by atoms with van der Waals surface area (Å²) in [6.45, 7) is 5.43. The van der Waals surface area contributed by atoms with Crippen LogP contribution in [0.1, 0.15) is 12.0 Å². The number of nitrogens with one attached hydrogen (secondary N) is 1. The predicted molar refractivity (Wildman–Crippen MR) is 136 cm³/mol. The second-order valence-electron chi connectivity index (χ2n) is 9.00.